The second-order valence-electron chi connectivity index (χ2n) is 6.98. The van der Waals surface area contributed by atoms with E-state index in [1.165, 1.54) is 11.8 Å². The fraction of sp³-hybridized carbons (Fsp3) is 0.200. The third-order valence-electron chi connectivity index (χ3n) is 4.71. The first-order chi connectivity index (χ1) is 14.6. The van der Waals surface area contributed by atoms with E-state index < -0.39 is 11.9 Å². The molecule has 1 saturated carbocycles. The van der Waals surface area contributed by atoms with Gasteiger partial charge in [-0.05, 0) is 43.2 Å². The highest BCUT2D eigenvalue weighted by Gasteiger charge is 2.25. The monoisotopic (exact) mass is 422 g/mol. The molecule has 0 bridgehead atoms. The number of imide groups is 1. The van der Waals surface area contributed by atoms with Gasteiger partial charge in [0.15, 0.2) is 5.65 Å². The van der Waals surface area contributed by atoms with E-state index in [1.54, 1.807) is 23.9 Å². The number of fused-ring (bicyclic) bond motifs is 1. The Bertz CT molecular complexity index is 1180. The maximum Gasteiger partial charge on any atom is 0.326 e. The zero-order valence-corrected chi connectivity index (χ0v) is 16.8. The molecular weight excluding hydrogens is 404 g/mol. The normalized spacial score (nSPS) is 17.3. The number of aromatic nitrogens is 3. The van der Waals surface area contributed by atoms with Gasteiger partial charge in [-0.3, -0.25) is 10.1 Å². The van der Waals surface area contributed by atoms with Crippen molar-refractivity contribution in [1.82, 2.24) is 25.2 Å². The average Bonchev–Trinajstić information content (AvgIpc) is 3.37. The van der Waals surface area contributed by atoms with Crippen LogP contribution in [0.2, 0.25) is 0 Å². The average molecular weight is 422 g/mol. The molecule has 3 N–H and O–H groups in total. The molecule has 5 rings (SSSR count). The lowest BCUT2D eigenvalue weighted by atomic mass is 10.2. The number of nitrogens with one attached hydrogen (secondary N) is 3. The molecule has 152 valence electrons. The minimum absolute atomic E-state index is 0.168. The Morgan fingerprint density at radius 3 is 2.70 bits per heavy atom. The summed E-state index contributed by atoms with van der Waals surface area (Å²) in [5.41, 5.74) is 1.40. The lowest BCUT2D eigenvalue weighted by Crippen LogP contribution is -2.22. The van der Waals surface area contributed by atoms with Crippen molar-refractivity contribution in [3.05, 3.63) is 47.8 Å². The smallest absolute Gasteiger partial charge is 0.326 e. The summed E-state index contributed by atoms with van der Waals surface area (Å²) in [4.78, 5) is 29.1. The van der Waals surface area contributed by atoms with Crippen LogP contribution in [0.4, 0.5) is 10.6 Å². The van der Waals surface area contributed by atoms with Gasteiger partial charge in [-0.2, -0.15) is 9.61 Å². The molecule has 10 heteroatoms. The third-order valence-corrected chi connectivity index (χ3v) is 5.63. The van der Waals surface area contributed by atoms with Gasteiger partial charge in [0.2, 0.25) is 0 Å². The summed E-state index contributed by atoms with van der Waals surface area (Å²) in [5.74, 6) is 1.16. The molecule has 0 atom stereocenters. The number of benzene rings is 1. The number of ether oxygens (including phenoxy) is 1. The number of amides is 3. The van der Waals surface area contributed by atoms with Crippen molar-refractivity contribution in [3.63, 3.8) is 0 Å². The Morgan fingerprint density at radius 1 is 1.23 bits per heavy atom. The summed E-state index contributed by atoms with van der Waals surface area (Å²) in [6.07, 6.45) is 5.45. The third kappa shape index (κ3) is 3.69. The van der Waals surface area contributed by atoms with Crippen LogP contribution in [0.25, 0.3) is 11.7 Å². The molecule has 3 heterocycles. The minimum Gasteiger partial charge on any atom is -0.497 e. The maximum atomic E-state index is 11.9. The van der Waals surface area contributed by atoms with Crippen LogP contribution < -0.4 is 20.7 Å². The standard InChI is InChI=1S/C20H18N6O3S/c1-29-13-4-6-14(7-5-13)30-17-9-16(22-12-2-3-12)26-18(24-17)11(10-21-26)8-15-19(27)25-20(28)23-15/h4-10,12,22H,2-3H2,1H3,(H2,23,25,27,28). The lowest BCUT2D eigenvalue weighted by Gasteiger charge is -2.10. The fourth-order valence-corrected chi connectivity index (χ4v) is 3.87. The van der Waals surface area contributed by atoms with Gasteiger partial charge < -0.3 is 15.4 Å². The largest absolute Gasteiger partial charge is 0.497 e. The maximum absolute atomic E-state index is 11.9. The molecule has 3 aromatic rings. The topological polar surface area (TPSA) is 110 Å². The van der Waals surface area contributed by atoms with Gasteiger partial charge in [0.05, 0.1) is 13.3 Å². The zero-order valence-electron chi connectivity index (χ0n) is 16.0. The highest BCUT2D eigenvalue weighted by molar-refractivity contribution is 7.99. The molecular formula is C20H18N6O3S. The van der Waals surface area contributed by atoms with Crippen LogP contribution >= 0.6 is 11.8 Å². The van der Waals surface area contributed by atoms with Gasteiger partial charge in [0.25, 0.3) is 5.91 Å². The number of urea groups is 1. The van der Waals surface area contributed by atoms with Gasteiger partial charge in [-0.1, -0.05) is 11.8 Å². The molecule has 1 saturated heterocycles. The molecule has 3 amide bonds. The molecule has 0 spiro atoms. The Labute approximate surface area is 175 Å². The van der Waals surface area contributed by atoms with E-state index in [0.717, 1.165) is 34.3 Å². The van der Waals surface area contributed by atoms with Gasteiger partial charge in [0.1, 0.15) is 22.3 Å². The van der Waals surface area contributed by atoms with E-state index in [1.807, 2.05) is 30.3 Å². The van der Waals surface area contributed by atoms with Crippen molar-refractivity contribution in [2.75, 3.05) is 12.4 Å². The van der Waals surface area contributed by atoms with Crippen LogP contribution in [0.5, 0.6) is 5.75 Å². The van der Waals surface area contributed by atoms with E-state index in [4.69, 9.17) is 9.72 Å². The highest BCUT2D eigenvalue weighted by Crippen LogP contribution is 2.32. The predicted molar refractivity (Wildman–Crippen MR) is 111 cm³/mol. The molecule has 1 aliphatic carbocycles. The number of anilines is 1. The van der Waals surface area contributed by atoms with Crippen molar-refractivity contribution in [2.45, 2.75) is 28.8 Å². The molecule has 2 fully saturated rings. The van der Waals surface area contributed by atoms with Crippen LogP contribution in [0, 0.1) is 0 Å². The summed E-state index contributed by atoms with van der Waals surface area (Å²) in [6.45, 7) is 0. The van der Waals surface area contributed by atoms with Crippen LogP contribution in [-0.4, -0.2) is 39.7 Å². The van der Waals surface area contributed by atoms with Crippen molar-refractivity contribution < 1.29 is 14.3 Å². The summed E-state index contributed by atoms with van der Waals surface area (Å²) in [6, 6.07) is 9.61. The highest BCUT2D eigenvalue weighted by atomic mass is 32.2. The predicted octanol–water partition coefficient (Wildman–Crippen LogP) is 2.64. The number of methoxy groups -OCH3 is 1. The Balaban J connectivity index is 1.54. The van der Waals surface area contributed by atoms with Crippen LogP contribution in [0.15, 0.2) is 52.1 Å². The zero-order chi connectivity index (χ0) is 20.7. The summed E-state index contributed by atoms with van der Waals surface area (Å²) in [5, 5.41) is 13.4. The Morgan fingerprint density at radius 2 is 2.03 bits per heavy atom. The van der Waals surface area contributed by atoms with E-state index in [-0.39, 0.29) is 5.70 Å². The minimum atomic E-state index is -0.539. The number of nitrogens with zero attached hydrogens (tertiary/aromatic N) is 3. The van der Waals surface area contributed by atoms with E-state index in [2.05, 4.69) is 21.0 Å². The second-order valence-corrected chi connectivity index (χ2v) is 8.07. The van der Waals surface area contributed by atoms with Gasteiger partial charge in [0, 0.05) is 22.6 Å². The molecule has 30 heavy (non-hydrogen) atoms. The quantitative estimate of drug-likeness (QED) is 0.318. The molecule has 0 radical (unpaired) electrons. The number of carbonyl (C=O) groups excluding carboxylic acids is 2. The van der Waals surface area contributed by atoms with Crippen LogP contribution in [0.1, 0.15) is 18.4 Å². The molecule has 1 aromatic carbocycles. The lowest BCUT2D eigenvalue weighted by molar-refractivity contribution is -0.115. The Kier molecular flexibility index (Phi) is 4.55. The fourth-order valence-electron chi connectivity index (χ4n) is 3.05. The van der Waals surface area contributed by atoms with Gasteiger partial charge >= 0.3 is 6.03 Å². The summed E-state index contributed by atoms with van der Waals surface area (Å²) < 4.78 is 6.94. The van der Waals surface area contributed by atoms with Gasteiger partial charge in [-0.25, -0.2) is 9.78 Å². The van der Waals surface area contributed by atoms with E-state index >= 15 is 0 Å². The summed E-state index contributed by atoms with van der Waals surface area (Å²) in [7, 11) is 1.64. The molecule has 2 aliphatic rings. The number of hydrogen-bond acceptors (Lipinski definition) is 7. The van der Waals surface area contributed by atoms with Gasteiger partial charge in [-0.15, -0.1) is 0 Å². The molecule has 1 aliphatic heterocycles. The van der Waals surface area contributed by atoms with Crippen molar-refractivity contribution >= 4 is 41.2 Å². The SMILES string of the molecule is COc1ccc(Sc2cc(NC3CC3)n3ncc(C=C4NC(=O)NC4=O)c3n2)cc1. The summed E-state index contributed by atoms with van der Waals surface area (Å²) >= 11 is 1.52. The first-order valence-corrected chi connectivity index (χ1v) is 10.2. The van der Waals surface area contributed by atoms with Crippen LogP contribution in [0.3, 0.4) is 0 Å². The Hall–Kier alpha value is -3.53. The molecule has 0 unspecified atom stereocenters. The van der Waals surface area contributed by atoms with Crippen LogP contribution in [-0.2, 0) is 4.79 Å². The first kappa shape index (κ1) is 18.5. The van der Waals surface area contributed by atoms with E-state index in [9.17, 15) is 9.59 Å². The van der Waals surface area contributed by atoms with E-state index in [0.29, 0.717) is 17.3 Å². The number of hydrogen-bond donors (Lipinski definition) is 3. The van der Waals surface area contributed by atoms with Crippen molar-refractivity contribution in [1.29, 1.82) is 0 Å². The molecule has 9 nitrogen and oxygen atoms in total. The number of rotatable bonds is 6. The first-order valence-electron chi connectivity index (χ1n) is 9.40. The number of carbonyl (C=O) groups is 2. The second kappa shape index (κ2) is 7.38. The van der Waals surface area contributed by atoms with Crippen molar-refractivity contribution in [2.24, 2.45) is 0 Å². The van der Waals surface area contributed by atoms with Crippen molar-refractivity contribution in [3.8, 4) is 5.75 Å². The molecule has 2 aromatic heterocycles.